The summed E-state index contributed by atoms with van der Waals surface area (Å²) >= 11 is 0. The van der Waals surface area contributed by atoms with Crippen molar-refractivity contribution >= 4 is 22.8 Å². The Morgan fingerprint density at radius 3 is 2.59 bits per heavy atom. The van der Waals surface area contributed by atoms with Crippen LogP contribution < -0.4 is 15.4 Å². The quantitative estimate of drug-likeness (QED) is 0.323. The molecule has 0 aliphatic heterocycles. The predicted octanol–water partition coefficient (Wildman–Crippen LogP) is 4.49. The Hall–Kier alpha value is -3.74. The van der Waals surface area contributed by atoms with E-state index in [-0.39, 0.29) is 58.6 Å². The van der Waals surface area contributed by atoms with E-state index in [4.69, 9.17) is 9.47 Å². The summed E-state index contributed by atoms with van der Waals surface area (Å²) in [7, 11) is 1.39. The van der Waals surface area contributed by atoms with E-state index in [9.17, 15) is 22.8 Å². The number of ether oxygens (including phenoxy) is 2. The van der Waals surface area contributed by atoms with Gasteiger partial charge in [-0.3, -0.25) is 9.59 Å². The number of aromatic nitrogens is 3. The second kappa shape index (κ2) is 11.6. The van der Waals surface area contributed by atoms with Crippen molar-refractivity contribution in [3.05, 3.63) is 41.3 Å². The average molecular weight is 578 g/mol. The minimum atomic E-state index is -4.58. The fourth-order valence-electron chi connectivity index (χ4n) is 5.16. The Kier molecular flexibility index (Phi) is 8.16. The number of hydrogen-bond acceptors (Lipinski definition) is 6. The molecular weight excluding hydrogens is 546 g/mol. The van der Waals surface area contributed by atoms with Gasteiger partial charge < -0.3 is 25.1 Å². The minimum absolute atomic E-state index is 0.0404. The van der Waals surface area contributed by atoms with Crippen LogP contribution in [0.15, 0.2) is 24.5 Å². The molecule has 2 aromatic heterocycles. The number of fused-ring (bicyclic) bond motifs is 1. The predicted molar refractivity (Wildman–Crippen MR) is 141 cm³/mol. The van der Waals surface area contributed by atoms with Gasteiger partial charge in [0.1, 0.15) is 36.1 Å². The maximum atomic E-state index is 15.0. The lowest BCUT2D eigenvalue weighted by Crippen LogP contribution is -2.50. The number of H-pyrrole nitrogens is 1. The second-order valence-corrected chi connectivity index (χ2v) is 10.6. The van der Waals surface area contributed by atoms with Crippen molar-refractivity contribution in [2.75, 3.05) is 20.3 Å². The lowest BCUT2D eigenvalue weighted by Gasteiger charge is -2.32. The first-order valence-corrected chi connectivity index (χ1v) is 13.5. The Balaban J connectivity index is 1.41. The Labute approximate surface area is 233 Å². The third-order valence-electron chi connectivity index (χ3n) is 7.46. The van der Waals surface area contributed by atoms with Crippen molar-refractivity contribution in [3.63, 3.8) is 0 Å². The van der Waals surface area contributed by atoms with Gasteiger partial charge >= 0.3 is 6.18 Å². The number of carbonyl (C=O) groups excluding carboxylic acids is 2. The molecule has 9 nitrogen and oxygen atoms in total. The van der Waals surface area contributed by atoms with E-state index in [0.29, 0.717) is 31.1 Å². The molecule has 2 amide bonds. The molecule has 3 aromatic rings. The van der Waals surface area contributed by atoms with Crippen LogP contribution in [-0.2, 0) is 15.7 Å². The smallest absolute Gasteiger partial charge is 0.416 e. The lowest BCUT2D eigenvalue weighted by atomic mass is 9.89. The van der Waals surface area contributed by atoms with Gasteiger partial charge in [0.15, 0.2) is 0 Å². The van der Waals surface area contributed by atoms with Crippen molar-refractivity contribution < 1.29 is 36.6 Å². The van der Waals surface area contributed by atoms with Gasteiger partial charge in [-0.25, -0.2) is 14.4 Å². The molecule has 2 heterocycles. The first-order chi connectivity index (χ1) is 19.5. The molecule has 2 aliphatic carbocycles. The van der Waals surface area contributed by atoms with Gasteiger partial charge in [0.2, 0.25) is 5.91 Å². The van der Waals surface area contributed by atoms with E-state index < -0.39 is 29.9 Å². The lowest BCUT2D eigenvalue weighted by molar-refractivity contribution is -0.137. The van der Waals surface area contributed by atoms with Crippen LogP contribution in [0.3, 0.4) is 0 Å². The van der Waals surface area contributed by atoms with Gasteiger partial charge in [-0.15, -0.1) is 0 Å². The number of rotatable bonds is 9. The standard InChI is InChI=1S/C28H31F4N5O4/c1-14-23(27(39)37-20-7-6-17(10-19(20)29)36-22(38)12-40-2)25-26(35-14)24(33-13-34-25)18-9-16(28(30,31)32)5-8-21(18)41-11-15-3-4-15/h5,8-9,13,15,17,19-20,35H,3-4,6-7,10-12H2,1-2H3,(H,36,38)(H,37,39)/t17-,19-,20-/m1/s1. The molecule has 5 rings (SSSR count). The van der Waals surface area contributed by atoms with Gasteiger partial charge in [-0.2, -0.15) is 13.2 Å². The molecule has 0 saturated heterocycles. The molecule has 2 aliphatic rings. The zero-order valence-electron chi connectivity index (χ0n) is 22.6. The van der Waals surface area contributed by atoms with E-state index in [2.05, 4.69) is 25.6 Å². The molecule has 3 N–H and O–H groups in total. The van der Waals surface area contributed by atoms with Crippen LogP contribution in [0, 0.1) is 12.8 Å². The molecule has 0 bridgehead atoms. The highest BCUT2D eigenvalue weighted by Crippen LogP contribution is 2.40. The summed E-state index contributed by atoms with van der Waals surface area (Å²) in [6.45, 7) is 1.89. The van der Waals surface area contributed by atoms with Crippen molar-refractivity contribution in [1.82, 2.24) is 25.6 Å². The van der Waals surface area contributed by atoms with Gasteiger partial charge in [-0.1, -0.05) is 0 Å². The monoisotopic (exact) mass is 577 g/mol. The van der Waals surface area contributed by atoms with E-state index in [1.54, 1.807) is 6.92 Å². The second-order valence-electron chi connectivity index (χ2n) is 10.6. The number of hydrogen-bond donors (Lipinski definition) is 3. The van der Waals surface area contributed by atoms with Crippen molar-refractivity contribution in [3.8, 4) is 17.0 Å². The highest BCUT2D eigenvalue weighted by molar-refractivity contribution is 6.09. The largest absolute Gasteiger partial charge is 0.493 e. The molecule has 220 valence electrons. The third-order valence-corrected chi connectivity index (χ3v) is 7.46. The molecule has 1 aromatic carbocycles. The van der Waals surface area contributed by atoms with Gasteiger partial charge in [-0.05, 0) is 56.7 Å². The summed E-state index contributed by atoms with van der Waals surface area (Å²) in [5.74, 6) is -0.284. The summed E-state index contributed by atoms with van der Waals surface area (Å²) in [5, 5.41) is 5.46. The van der Waals surface area contributed by atoms with Crippen LogP contribution in [0.1, 0.15) is 53.7 Å². The van der Waals surface area contributed by atoms with Crippen molar-refractivity contribution in [2.45, 2.75) is 63.5 Å². The topological polar surface area (TPSA) is 118 Å². The molecule has 2 saturated carbocycles. The summed E-state index contributed by atoms with van der Waals surface area (Å²) in [6, 6.07) is 2.09. The normalized spacial score (nSPS) is 21.1. The van der Waals surface area contributed by atoms with E-state index in [0.717, 1.165) is 25.0 Å². The number of aryl methyl sites for hydroxylation is 1. The summed E-state index contributed by atoms with van der Waals surface area (Å²) in [5.41, 5.74) is 0.450. The summed E-state index contributed by atoms with van der Waals surface area (Å²) < 4.78 is 66.5. The maximum Gasteiger partial charge on any atom is 0.416 e. The Morgan fingerprint density at radius 2 is 1.90 bits per heavy atom. The summed E-state index contributed by atoms with van der Waals surface area (Å²) in [4.78, 5) is 36.7. The molecule has 41 heavy (non-hydrogen) atoms. The highest BCUT2D eigenvalue weighted by Gasteiger charge is 2.35. The average Bonchev–Trinajstić information content (AvgIpc) is 3.68. The van der Waals surface area contributed by atoms with Crippen molar-refractivity contribution in [1.29, 1.82) is 0 Å². The first-order valence-electron chi connectivity index (χ1n) is 13.5. The molecular formula is C28H31F4N5O4. The number of methoxy groups -OCH3 is 1. The number of carbonyl (C=O) groups is 2. The van der Waals surface area contributed by atoms with Crippen LogP contribution in [0.5, 0.6) is 5.75 Å². The molecule has 0 radical (unpaired) electrons. The number of benzene rings is 1. The van der Waals surface area contributed by atoms with E-state index in [1.807, 2.05) is 0 Å². The van der Waals surface area contributed by atoms with Gasteiger partial charge in [0, 0.05) is 30.8 Å². The Morgan fingerprint density at radius 1 is 1.12 bits per heavy atom. The fraction of sp³-hybridized carbons (Fsp3) is 0.500. The molecule has 0 spiro atoms. The van der Waals surface area contributed by atoms with Crippen molar-refractivity contribution in [2.24, 2.45) is 5.92 Å². The van der Waals surface area contributed by atoms with Crippen LogP contribution in [-0.4, -0.2) is 65.3 Å². The number of alkyl halides is 4. The number of nitrogens with zero attached hydrogens (tertiary/aromatic N) is 2. The molecule has 2 fully saturated rings. The summed E-state index contributed by atoms with van der Waals surface area (Å²) in [6.07, 6.45) is -1.97. The number of amides is 2. The number of halogens is 4. The molecule has 3 atom stereocenters. The van der Waals surface area contributed by atoms with Crippen LogP contribution in [0.4, 0.5) is 17.6 Å². The minimum Gasteiger partial charge on any atom is -0.493 e. The van der Waals surface area contributed by atoms with Crippen LogP contribution >= 0.6 is 0 Å². The zero-order valence-corrected chi connectivity index (χ0v) is 22.6. The van der Waals surface area contributed by atoms with Gasteiger partial charge in [0.05, 0.1) is 29.3 Å². The Bertz CT molecular complexity index is 1440. The first kappa shape index (κ1) is 28.8. The number of aromatic amines is 1. The molecule has 0 unspecified atom stereocenters. The van der Waals surface area contributed by atoms with E-state index >= 15 is 4.39 Å². The van der Waals surface area contributed by atoms with Crippen LogP contribution in [0.2, 0.25) is 0 Å². The van der Waals surface area contributed by atoms with Gasteiger partial charge in [0.25, 0.3) is 5.91 Å². The fourth-order valence-corrected chi connectivity index (χ4v) is 5.16. The highest BCUT2D eigenvalue weighted by atomic mass is 19.4. The van der Waals surface area contributed by atoms with Crippen LogP contribution in [0.25, 0.3) is 22.3 Å². The zero-order chi connectivity index (χ0) is 29.3. The maximum absolute atomic E-state index is 15.0. The van der Waals surface area contributed by atoms with E-state index in [1.165, 1.54) is 19.5 Å². The third kappa shape index (κ3) is 6.45. The SMILES string of the molecule is COCC(=O)N[C@@H]1CC[C@@H](NC(=O)c2c(C)[nH]c3c(-c4cc(C(F)(F)F)ccc4OCC4CC4)ncnc23)[C@H](F)C1. The number of nitrogens with one attached hydrogen (secondary N) is 3. The molecule has 13 heteroatoms.